The predicted molar refractivity (Wildman–Crippen MR) is 132 cm³/mol. The molecule has 0 spiro atoms. The summed E-state index contributed by atoms with van der Waals surface area (Å²) in [6.07, 6.45) is 1.31. The largest absolute Gasteiger partial charge is 0.508 e. The van der Waals surface area contributed by atoms with Crippen LogP contribution in [0, 0.1) is 0 Å². The molecule has 0 saturated carbocycles. The Hall–Kier alpha value is -3.97. The Labute approximate surface area is 195 Å². The molecule has 0 atom stereocenters. The lowest BCUT2D eigenvalue weighted by molar-refractivity contribution is 0.415. The van der Waals surface area contributed by atoms with Gasteiger partial charge in [-0.1, -0.05) is 30.3 Å². The fourth-order valence-electron chi connectivity index (χ4n) is 3.58. The van der Waals surface area contributed by atoms with Crippen molar-refractivity contribution >= 4 is 33.2 Å². The van der Waals surface area contributed by atoms with Crippen LogP contribution < -0.4 is 10.1 Å². The van der Waals surface area contributed by atoms with Crippen LogP contribution in [0.4, 0.5) is 11.6 Å². The molecule has 7 heteroatoms. The Balaban J connectivity index is 1.46. The quantitative estimate of drug-likeness (QED) is 0.306. The van der Waals surface area contributed by atoms with Crippen LogP contribution >= 0.6 is 11.3 Å². The van der Waals surface area contributed by atoms with Gasteiger partial charge in [-0.15, -0.1) is 11.3 Å². The Kier molecular flexibility index (Phi) is 5.87. The van der Waals surface area contributed by atoms with E-state index in [1.165, 1.54) is 5.56 Å². The van der Waals surface area contributed by atoms with E-state index in [9.17, 15) is 5.11 Å². The first kappa shape index (κ1) is 20.9. The maximum absolute atomic E-state index is 9.56. The Morgan fingerprint density at radius 2 is 1.61 bits per heavy atom. The minimum absolute atomic E-state index is 0.215. The second kappa shape index (κ2) is 9.26. The van der Waals surface area contributed by atoms with Crippen molar-refractivity contribution in [2.24, 2.45) is 0 Å². The number of thiazole rings is 1. The van der Waals surface area contributed by atoms with Gasteiger partial charge < -0.3 is 15.2 Å². The summed E-state index contributed by atoms with van der Waals surface area (Å²) >= 11 is 1.64. The van der Waals surface area contributed by atoms with Gasteiger partial charge in [-0.25, -0.2) is 15.0 Å². The van der Waals surface area contributed by atoms with E-state index < -0.39 is 0 Å². The van der Waals surface area contributed by atoms with E-state index in [1.807, 2.05) is 42.5 Å². The molecule has 6 nitrogen and oxygen atoms in total. The number of nitrogens with zero attached hydrogens (tertiary/aromatic N) is 3. The van der Waals surface area contributed by atoms with Crippen molar-refractivity contribution in [2.75, 3.05) is 12.4 Å². The molecule has 0 saturated heterocycles. The first-order valence-corrected chi connectivity index (χ1v) is 11.4. The summed E-state index contributed by atoms with van der Waals surface area (Å²) in [5.41, 5.74) is 4.77. The fraction of sp³-hybridized carbons (Fsp3) is 0.115. The monoisotopic (exact) mass is 454 g/mol. The smallest absolute Gasteiger partial charge is 0.227 e. The minimum Gasteiger partial charge on any atom is -0.508 e. The van der Waals surface area contributed by atoms with E-state index in [4.69, 9.17) is 19.7 Å². The maximum atomic E-state index is 9.56. The van der Waals surface area contributed by atoms with E-state index in [1.54, 1.807) is 42.7 Å². The van der Waals surface area contributed by atoms with Gasteiger partial charge in [-0.05, 0) is 54.1 Å². The molecular formula is C26H22N4O2S. The van der Waals surface area contributed by atoms with Gasteiger partial charge in [0, 0.05) is 18.5 Å². The van der Waals surface area contributed by atoms with Crippen LogP contribution in [0.3, 0.4) is 0 Å². The minimum atomic E-state index is 0.215. The number of methoxy groups -OCH3 is 1. The molecule has 2 N–H and O–H groups in total. The van der Waals surface area contributed by atoms with Gasteiger partial charge in [-0.2, -0.15) is 0 Å². The molecular weight excluding hydrogens is 432 g/mol. The fourth-order valence-corrected chi connectivity index (χ4v) is 4.59. The summed E-state index contributed by atoms with van der Waals surface area (Å²) in [5, 5.41) is 13.8. The van der Waals surface area contributed by atoms with E-state index in [0.717, 1.165) is 38.0 Å². The number of aromatic hydroxyl groups is 1. The summed E-state index contributed by atoms with van der Waals surface area (Å²) in [6.45, 7) is 0. The highest BCUT2D eigenvalue weighted by molar-refractivity contribution is 7.18. The molecule has 0 radical (unpaired) electrons. The summed E-state index contributed by atoms with van der Waals surface area (Å²) in [5.74, 6) is 1.56. The van der Waals surface area contributed by atoms with Crippen molar-refractivity contribution in [1.29, 1.82) is 0 Å². The zero-order chi connectivity index (χ0) is 22.6. The standard InChI is InChI=1S/C26H22N4O2S/c1-32-22-11-12-23-24(16-22)33-25(30-23)15-20-14-19(13-17-5-3-2-4-6-17)28-26(29-20)27-18-7-9-21(31)10-8-18/h2-12,14,16,31H,13,15H2,1H3,(H,27,28,29). The molecule has 0 aliphatic rings. The van der Waals surface area contributed by atoms with Crippen LogP contribution in [0.2, 0.25) is 0 Å². The molecule has 33 heavy (non-hydrogen) atoms. The highest BCUT2D eigenvalue weighted by atomic mass is 32.1. The molecule has 2 heterocycles. The Morgan fingerprint density at radius 1 is 0.848 bits per heavy atom. The summed E-state index contributed by atoms with van der Waals surface area (Å²) in [4.78, 5) is 14.3. The lowest BCUT2D eigenvalue weighted by atomic mass is 10.1. The number of hydrogen-bond acceptors (Lipinski definition) is 7. The second-order valence-electron chi connectivity index (χ2n) is 7.63. The van der Waals surface area contributed by atoms with Crippen molar-refractivity contribution in [3.8, 4) is 11.5 Å². The number of rotatable bonds is 7. The number of ether oxygens (including phenoxy) is 1. The van der Waals surface area contributed by atoms with Crippen molar-refractivity contribution in [3.05, 3.63) is 101 Å². The number of phenols is 1. The molecule has 0 aliphatic carbocycles. The number of benzene rings is 3. The number of fused-ring (bicyclic) bond motifs is 1. The van der Waals surface area contributed by atoms with Crippen molar-refractivity contribution < 1.29 is 9.84 Å². The topological polar surface area (TPSA) is 80.2 Å². The lowest BCUT2D eigenvalue weighted by Crippen LogP contribution is -2.05. The number of anilines is 2. The molecule has 5 rings (SSSR count). The van der Waals surface area contributed by atoms with Crippen molar-refractivity contribution in [3.63, 3.8) is 0 Å². The van der Waals surface area contributed by atoms with Crippen LogP contribution in [0.15, 0.2) is 78.9 Å². The molecule has 2 aromatic heterocycles. The highest BCUT2D eigenvalue weighted by Crippen LogP contribution is 2.28. The Bertz CT molecular complexity index is 1390. The summed E-state index contributed by atoms with van der Waals surface area (Å²) in [7, 11) is 1.67. The third-order valence-corrected chi connectivity index (χ3v) is 6.17. The van der Waals surface area contributed by atoms with Gasteiger partial charge in [0.2, 0.25) is 5.95 Å². The molecule has 0 bridgehead atoms. The average molecular weight is 455 g/mol. The number of nitrogens with one attached hydrogen (secondary N) is 1. The average Bonchev–Trinajstić information content (AvgIpc) is 3.22. The zero-order valence-corrected chi connectivity index (χ0v) is 18.8. The highest BCUT2D eigenvalue weighted by Gasteiger charge is 2.11. The van der Waals surface area contributed by atoms with Crippen LogP contribution in [-0.4, -0.2) is 27.2 Å². The molecule has 0 amide bonds. The van der Waals surface area contributed by atoms with E-state index in [0.29, 0.717) is 18.8 Å². The van der Waals surface area contributed by atoms with Gasteiger partial charge >= 0.3 is 0 Å². The number of aromatic nitrogens is 3. The second-order valence-corrected chi connectivity index (χ2v) is 8.74. The van der Waals surface area contributed by atoms with Gasteiger partial charge in [0.25, 0.3) is 0 Å². The zero-order valence-electron chi connectivity index (χ0n) is 18.0. The third kappa shape index (κ3) is 5.10. The van der Waals surface area contributed by atoms with E-state index in [-0.39, 0.29) is 5.75 Å². The molecule has 164 valence electrons. The summed E-state index contributed by atoms with van der Waals surface area (Å²) < 4.78 is 6.42. The van der Waals surface area contributed by atoms with Gasteiger partial charge in [0.15, 0.2) is 0 Å². The van der Waals surface area contributed by atoms with Gasteiger partial charge in [-0.3, -0.25) is 0 Å². The Morgan fingerprint density at radius 3 is 2.36 bits per heavy atom. The maximum Gasteiger partial charge on any atom is 0.227 e. The van der Waals surface area contributed by atoms with E-state index in [2.05, 4.69) is 17.4 Å². The molecule has 0 unspecified atom stereocenters. The molecule has 0 fully saturated rings. The number of phenolic OH excluding ortho intramolecular Hbond substituents is 1. The van der Waals surface area contributed by atoms with Gasteiger partial charge in [0.05, 0.1) is 33.7 Å². The SMILES string of the molecule is COc1ccc2nc(Cc3cc(Cc4ccccc4)nc(Nc4ccc(O)cc4)n3)sc2c1. The van der Waals surface area contributed by atoms with Gasteiger partial charge in [0.1, 0.15) is 11.5 Å². The first-order valence-electron chi connectivity index (χ1n) is 10.5. The lowest BCUT2D eigenvalue weighted by Gasteiger charge is -2.10. The van der Waals surface area contributed by atoms with Crippen LogP contribution in [0.5, 0.6) is 11.5 Å². The number of hydrogen-bond donors (Lipinski definition) is 2. The molecule has 3 aromatic carbocycles. The van der Waals surface area contributed by atoms with E-state index >= 15 is 0 Å². The van der Waals surface area contributed by atoms with Crippen molar-refractivity contribution in [2.45, 2.75) is 12.8 Å². The normalized spacial score (nSPS) is 10.9. The van der Waals surface area contributed by atoms with Crippen LogP contribution in [0.25, 0.3) is 10.2 Å². The first-order chi connectivity index (χ1) is 16.1. The van der Waals surface area contributed by atoms with Crippen LogP contribution in [-0.2, 0) is 12.8 Å². The van der Waals surface area contributed by atoms with Crippen LogP contribution in [0.1, 0.15) is 22.0 Å². The predicted octanol–water partition coefficient (Wildman–Crippen LogP) is 5.73. The molecule has 5 aromatic rings. The third-order valence-electron chi connectivity index (χ3n) is 5.16. The van der Waals surface area contributed by atoms with Crippen molar-refractivity contribution in [1.82, 2.24) is 15.0 Å². The molecule has 0 aliphatic heterocycles. The summed E-state index contributed by atoms with van der Waals surface area (Å²) in [6, 6.07) is 25.1.